The first-order chi connectivity index (χ1) is 12.9. The molecule has 27 heavy (non-hydrogen) atoms. The molecule has 0 unspecified atom stereocenters. The largest absolute Gasteiger partial charge is 0.335 e. The molecule has 0 spiro atoms. The molecule has 2 bridgehead atoms. The number of urea groups is 1. The SMILES string of the molecule is CC1(C)[C@H]2CC=C(CN3CCC(NC(=O)Nc4ccc(Cl)cc4)CC3)[C@@H]1C2. The van der Waals surface area contributed by atoms with Crippen molar-refractivity contribution in [2.75, 3.05) is 25.0 Å². The number of likely N-dealkylation sites (tertiary alicyclic amines) is 1. The zero-order chi connectivity index (χ0) is 19.0. The zero-order valence-electron chi connectivity index (χ0n) is 16.3. The van der Waals surface area contributed by atoms with Crippen LogP contribution in [0.15, 0.2) is 35.9 Å². The molecule has 2 fully saturated rings. The zero-order valence-corrected chi connectivity index (χ0v) is 17.1. The Labute approximate surface area is 167 Å². The summed E-state index contributed by atoms with van der Waals surface area (Å²) in [5, 5.41) is 6.66. The highest BCUT2D eigenvalue weighted by Crippen LogP contribution is 2.59. The lowest BCUT2D eigenvalue weighted by Crippen LogP contribution is -2.51. The maximum atomic E-state index is 12.2. The van der Waals surface area contributed by atoms with Crippen LogP contribution in [-0.2, 0) is 0 Å². The summed E-state index contributed by atoms with van der Waals surface area (Å²) in [5.74, 6) is 1.69. The summed E-state index contributed by atoms with van der Waals surface area (Å²) >= 11 is 5.88. The van der Waals surface area contributed by atoms with Crippen molar-refractivity contribution in [2.45, 2.75) is 45.6 Å². The second-order valence-corrected chi connectivity index (χ2v) is 9.41. The fraction of sp³-hybridized carbons (Fsp3) is 0.591. The first kappa shape index (κ1) is 18.8. The minimum atomic E-state index is -0.131. The summed E-state index contributed by atoms with van der Waals surface area (Å²) in [4.78, 5) is 14.8. The maximum absolute atomic E-state index is 12.2. The predicted octanol–water partition coefficient (Wildman–Crippen LogP) is 4.92. The number of piperidine rings is 1. The normalized spacial score (nSPS) is 27.4. The van der Waals surface area contributed by atoms with E-state index in [1.54, 1.807) is 17.7 Å². The minimum Gasteiger partial charge on any atom is -0.335 e. The molecular formula is C22H30ClN3O. The van der Waals surface area contributed by atoms with Crippen LogP contribution in [0, 0.1) is 17.3 Å². The lowest BCUT2D eigenvalue weighted by molar-refractivity contribution is -0.0113. The topological polar surface area (TPSA) is 44.4 Å². The number of fused-ring (bicyclic) bond motifs is 1. The van der Waals surface area contributed by atoms with Crippen molar-refractivity contribution < 1.29 is 4.79 Å². The molecule has 0 aromatic heterocycles. The van der Waals surface area contributed by atoms with Gasteiger partial charge in [-0.3, -0.25) is 4.90 Å². The summed E-state index contributed by atoms with van der Waals surface area (Å²) in [6.07, 6.45) is 7.19. The molecule has 2 amide bonds. The number of nitrogens with one attached hydrogen (secondary N) is 2. The Balaban J connectivity index is 1.22. The van der Waals surface area contributed by atoms with E-state index < -0.39 is 0 Å². The van der Waals surface area contributed by atoms with Gasteiger partial charge in [0.1, 0.15) is 0 Å². The van der Waals surface area contributed by atoms with Gasteiger partial charge >= 0.3 is 6.03 Å². The molecule has 1 heterocycles. The summed E-state index contributed by atoms with van der Waals surface area (Å²) in [5.41, 5.74) is 2.93. The summed E-state index contributed by atoms with van der Waals surface area (Å²) in [7, 11) is 0. The molecule has 0 radical (unpaired) electrons. The van der Waals surface area contributed by atoms with E-state index in [-0.39, 0.29) is 12.1 Å². The van der Waals surface area contributed by atoms with Gasteiger partial charge in [-0.15, -0.1) is 0 Å². The lowest BCUT2D eigenvalue weighted by atomic mass is 9.49. The number of benzene rings is 1. The number of amides is 2. The standard InChI is InChI=1S/C22H30ClN3O/c1-22(2)16-4-3-15(20(22)13-16)14-26-11-9-19(10-12-26)25-21(27)24-18-7-5-17(23)6-8-18/h3,5-8,16,19-20H,4,9-14H2,1-2H3,(H2,24,25,27)/t16-,20-/m0/s1. The van der Waals surface area contributed by atoms with Crippen LogP contribution in [0.3, 0.4) is 0 Å². The number of carbonyl (C=O) groups excluding carboxylic acids is 1. The molecule has 146 valence electrons. The van der Waals surface area contributed by atoms with E-state index in [9.17, 15) is 4.79 Å². The summed E-state index contributed by atoms with van der Waals surface area (Å²) < 4.78 is 0. The van der Waals surface area contributed by atoms with Gasteiger partial charge < -0.3 is 10.6 Å². The molecule has 2 N–H and O–H groups in total. The molecule has 5 heteroatoms. The van der Waals surface area contributed by atoms with Crippen molar-refractivity contribution in [1.29, 1.82) is 0 Å². The van der Waals surface area contributed by atoms with Crippen LogP contribution < -0.4 is 10.6 Å². The third-order valence-electron chi connectivity index (χ3n) is 7.01. The van der Waals surface area contributed by atoms with Crippen molar-refractivity contribution in [2.24, 2.45) is 17.3 Å². The molecule has 3 aliphatic carbocycles. The molecule has 1 saturated carbocycles. The molecular weight excluding hydrogens is 358 g/mol. The van der Waals surface area contributed by atoms with Crippen LogP contribution in [0.4, 0.5) is 10.5 Å². The molecule has 4 nitrogen and oxygen atoms in total. The van der Waals surface area contributed by atoms with Gasteiger partial charge in [0, 0.05) is 36.4 Å². The van der Waals surface area contributed by atoms with Crippen LogP contribution in [0.25, 0.3) is 0 Å². The number of nitrogens with zero attached hydrogens (tertiary/aromatic N) is 1. The fourth-order valence-electron chi connectivity index (χ4n) is 5.04. The average molecular weight is 388 g/mol. The highest BCUT2D eigenvalue weighted by molar-refractivity contribution is 6.30. The number of halogens is 1. The fourth-order valence-corrected chi connectivity index (χ4v) is 5.16. The Morgan fingerprint density at radius 2 is 1.93 bits per heavy atom. The van der Waals surface area contributed by atoms with Gasteiger partial charge in [0.05, 0.1) is 0 Å². The monoisotopic (exact) mass is 387 g/mol. The Kier molecular flexibility index (Phi) is 5.21. The van der Waals surface area contributed by atoms with E-state index in [1.165, 1.54) is 12.8 Å². The van der Waals surface area contributed by atoms with Gasteiger partial charge in [0.15, 0.2) is 0 Å². The summed E-state index contributed by atoms with van der Waals surface area (Å²) in [6, 6.07) is 7.30. The Hall–Kier alpha value is -1.52. The summed E-state index contributed by atoms with van der Waals surface area (Å²) in [6.45, 7) is 8.10. The molecule has 1 aromatic rings. The molecule has 4 aliphatic rings. The Bertz CT molecular complexity index is 720. The number of hydrogen-bond acceptors (Lipinski definition) is 2. The Morgan fingerprint density at radius 1 is 1.22 bits per heavy atom. The molecule has 1 saturated heterocycles. The molecule has 1 aliphatic heterocycles. The highest BCUT2D eigenvalue weighted by Gasteiger charge is 2.51. The predicted molar refractivity (Wildman–Crippen MR) is 111 cm³/mol. The van der Waals surface area contributed by atoms with Crippen LogP contribution in [0.5, 0.6) is 0 Å². The van der Waals surface area contributed by atoms with Gasteiger partial charge in [-0.1, -0.05) is 37.1 Å². The van der Waals surface area contributed by atoms with Gasteiger partial charge in [-0.25, -0.2) is 4.79 Å². The third-order valence-corrected chi connectivity index (χ3v) is 7.27. The van der Waals surface area contributed by atoms with E-state index >= 15 is 0 Å². The van der Waals surface area contributed by atoms with Gasteiger partial charge in [-0.05, 0) is 67.2 Å². The number of rotatable bonds is 4. The van der Waals surface area contributed by atoms with E-state index in [0.717, 1.165) is 50.0 Å². The van der Waals surface area contributed by atoms with E-state index in [2.05, 4.69) is 35.5 Å². The van der Waals surface area contributed by atoms with Crippen LogP contribution in [-0.4, -0.2) is 36.6 Å². The Morgan fingerprint density at radius 3 is 2.56 bits per heavy atom. The van der Waals surface area contributed by atoms with Gasteiger partial charge in [-0.2, -0.15) is 0 Å². The number of carbonyl (C=O) groups is 1. The van der Waals surface area contributed by atoms with E-state index in [1.807, 2.05) is 12.1 Å². The van der Waals surface area contributed by atoms with Gasteiger partial charge in [0.2, 0.25) is 0 Å². The maximum Gasteiger partial charge on any atom is 0.319 e. The van der Waals surface area contributed by atoms with Gasteiger partial charge in [0.25, 0.3) is 0 Å². The average Bonchev–Trinajstić information content (AvgIpc) is 2.65. The second kappa shape index (κ2) is 7.48. The smallest absolute Gasteiger partial charge is 0.319 e. The van der Waals surface area contributed by atoms with Crippen LogP contribution in [0.2, 0.25) is 5.02 Å². The van der Waals surface area contributed by atoms with Crippen molar-refractivity contribution in [1.82, 2.24) is 10.2 Å². The quantitative estimate of drug-likeness (QED) is 0.720. The van der Waals surface area contributed by atoms with Crippen molar-refractivity contribution in [3.8, 4) is 0 Å². The molecule has 5 rings (SSSR count). The molecule has 2 atom stereocenters. The number of allylic oxidation sites excluding steroid dienone is 1. The second-order valence-electron chi connectivity index (χ2n) is 8.98. The number of hydrogen-bond donors (Lipinski definition) is 2. The van der Waals surface area contributed by atoms with Crippen molar-refractivity contribution >= 4 is 23.3 Å². The first-order valence-corrected chi connectivity index (χ1v) is 10.5. The van der Waals surface area contributed by atoms with E-state index in [4.69, 9.17) is 11.6 Å². The molecule has 1 aromatic carbocycles. The van der Waals surface area contributed by atoms with Crippen molar-refractivity contribution in [3.63, 3.8) is 0 Å². The minimum absolute atomic E-state index is 0.131. The number of anilines is 1. The van der Waals surface area contributed by atoms with Crippen LogP contribution in [0.1, 0.15) is 39.5 Å². The van der Waals surface area contributed by atoms with Crippen molar-refractivity contribution in [3.05, 3.63) is 40.9 Å². The van der Waals surface area contributed by atoms with E-state index in [0.29, 0.717) is 10.4 Å². The third kappa shape index (κ3) is 4.02. The lowest BCUT2D eigenvalue weighted by Gasteiger charge is -2.57. The first-order valence-electron chi connectivity index (χ1n) is 10.2. The highest BCUT2D eigenvalue weighted by atomic mass is 35.5. The van der Waals surface area contributed by atoms with Crippen LogP contribution >= 0.6 is 11.6 Å².